The number of hydrogen-bond donors (Lipinski definition) is 5. The van der Waals surface area contributed by atoms with Crippen molar-refractivity contribution in [3.05, 3.63) is 131 Å². The molecule has 48 heteroatoms. The van der Waals surface area contributed by atoms with Crippen LogP contribution in [0.1, 0.15) is 217 Å². The molecule has 12 bridgehead atoms. The van der Waals surface area contributed by atoms with Gasteiger partial charge in [0.25, 0.3) is 24.2 Å². The largest absolute Gasteiger partial charge is 0.492 e. The summed E-state index contributed by atoms with van der Waals surface area (Å²) in [5, 5.41) is 16.5. The molecule has 21 radical (unpaired) electrons. The standard InChI is InChI=1S/C39H50FN3O7.C32H47N3O6.C12H16O3.C11H8FNO4.CH2O2.B9.B8/c40-33-6-2-30(3-7-33)35(44)41-14-1-15-42-36(45)37-24-27-22-31(25-37)39(32(23-27)26-37)48-38(49-50-39)12-10-29(11-13-38)28-4-8-34(9-5-28)47-21-18-43-16-19-46-20-17-43;33-10-1-11-34-29(36)30-20-23-18-26(21-30)32(27(19-23)22-30)39-31(40-41-32)8-6-25(7-9-31)24-2-4-28(5-3-24)38-17-14-35-12-15-37-16-13-35;1-15-11(14)12-4-7-2-8(5-12)10(13)9(3-7)6-12;12-8-3-1-7(2-4-8)11(16)17-13-9(14)5-6-10(13)15;2-1-3;1-6-9(7(2)3)8(4)5;1-6(2)8(5)7(3)4/h2-9,27,29,31-32H,1,10-26H2,(H,41,44)(H,42,45);2-5,23,25-27H,1,6-22,33H2,(H,34,36);7-9H,2-6H2,1H3;1-4H,5-6H2;1H,(H,2,3);;. The number of ketones is 1. The molecule has 14 aliphatic carbocycles. The number of ether oxygens (including phenoxy) is 7. The van der Waals surface area contributed by atoms with E-state index in [0.717, 1.165) is 243 Å². The fourth-order valence-electron chi connectivity index (χ4n) is 25.2. The summed E-state index contributed by atoms with van der Waals surface area (Å²) in [6.07, 6.45) is 19.1. The van der Waals surface area contributed by atoms with E-state index >= 15 is 0 Å². The highest BCUT2D eigenvalue weighted by molar-refractivity contribution is 7.94. The summed E-state index contributed by atoms with van der Waals surface area (Å²) in [7, 11) is 54.7. The lowest BCUT2D eigenvalue weighted by atomic mass is 8.64. The van der Waals surface area contributed by atoms with Gasteiger partial charge in [-0.25, -0.2) is 13.6 Å². The van der Waals surface area contributed by atoms with Crippen LogP contribution >= 0.6 is 0 Å². The Balaban J connectivity index is 0.000000153. The zero-order chi connectivity index (χ0) is 102. The van der Waals surface area contributed by atoms with Crippen molar-refractivity contribution in [1.29, 1.82) is 0 Å². The van der Waals surface area contributed by atoms with Crippen molar-refractivity contribution >= 4 is 176 Å². The van der Waals surface area contributed by atoms with Gasteiger partial charge in [-0.05, 0) is 255 Å². The van der Waals surface area contributed by atoms with Crippen LogP contribution in [0.3, 0.4) is 0 Å². The Kier molecular flexibility index (Phi) is 39.1. The third-order valence-corrected chi connectivity index (χ3v) is 32.3. The number of methoxy groups -OCH3 is 1. The van der Waals surface area contributed by atoms with Crippen molar-refractivity contribution < 1.29 is 115 Å². The molecule has 29 nitrogen and oxygen atoms in total. The molecular formula is C95H123B17F2N7O22. The highest BCUT2D eigenvalue weighted by Gasteiger charge is 2.73. The summed E-state index contributed by atoms with van der Waals surface area (Å²) in [5.41, 5.74) is 7.83. The molecule has 6 atom stereocenters. The fraction of sp³-hybridized carbons (Fsp3) is 0.653. The van der Waals surface area contributed by atoms with Crippen molar-refractivity contribution in [1.82, 2.24) is 30.8 Å². The number of nitrogens with two attached hydrogens (primary N) is 1. The fourth-order valence-corrected chi connectivity index (χ4v) is 25.2. The summed E-state index contributed by atoms with van der Waals surface area (Å²) in [5.74, 6) is 0.166. The third-order valence-electron chi connectivity index (χ3n) is 32.3. The van der Waals surface area contributed by atoms with Crippen LogP contribution in [0, 0.1) is 81.1 Å². The second-order valence-electron chi connectivity index (χ2n) is 41.9. The van der Waals surface area contributed by atoms with E-state index in [1.165, 1.54) is 61.7 Å². The van der Waals surface area contributed by atoms with E-state index in [1.807, 2.05) is 0 Å². The number of amides is 5. The van der Waals surface area contributed by atoms with Crippen molar-refractivity contribution in [3.8, 4) is 11.5 Å². The summed E-state index contributed by atoms with van der Waals surface area (Å²) < 4.78 is 67.5. The number of benzene rings is 4. The van der Waals surface area contributed by atoms with Crippen LogP contribution in [0.25, 0.3) is 0 Å². The van der Waals surface area contributed by atoms with Crippen LogP contribution in [0.15, 0.2) is 97.1 Å². The molecule has 4 aromatic rings. The molecule has 5 aliphatic heterocycles. The zero-order valence-corrected chi connectivity index (χ0v) is 82.1. The van der Waals surface area contributed by atoms with Crippen molar-refractivity contribution in [2.24, 2.45) is 75.2 Å². The molecule has 19 fully saturated rings. The molecule has 5 amide bonds. The number of carbonyl (C=O) groups is 9. The lowest BCUT2D eigenvalue weighted by molar-refractivity contribution is -0.393. The Bertz CT molecular complexity index is 4830. The predicted molar refractivity (Wildman–Crippen MR) is 546 cm³/mol. The Morgan fingerprint density at radius 2 is 0.888 bits per heavy atom. The zero-order valence-electron chi connectivity index (χ0n) is 82.1. The quantitative estimate of drug-likeness (QED) is 0.0126. The molecule has 6 unspecified atom stereocenters. The maximum atomic E-state index is 13.7. The number of esters is 1. The van der Waals surface area contributed by atoms with Crippen LogP contribution in [0.4, 0.5) is 8.78 Å². The van der Waals surface area contributed by atoms with Crippen LogP contribution in [-0.4, -0.2) is 332 Å². The topological polar surface area (TPSA) is 356 Å². The SMILES string of the molecule is COC(=O)C12CC3CC(C1)C(=O)C(C3)C2.NCCCNC(=O)C12CC3CC(C1)C1(OOC4(CCC(c5ccc(OCCN6CCOCC6)cc5)CC4)O1)C(C3)C2.O=C(NCCCNC(=O)C12CC3CC(C1)C1(OOC4(CCC(c5ccc(OCCN6CCOCC6)cc5)CC4)O1)C(C3)C2)c1ccc(F)cc1.O=C(ON1C(=O)CCC1=O)c1ccc(F)cc1.O=CO.[B]B([B])B([B])B([B])[B].[B][B]B(B([B])[B])B([B])[B]. The highest BCUT2D eigenvalue weighted by atomic mass is 19.1. The van der Waals surface area contributed by atoms with Crippen LogP contribution in [-0.2, 0) is 81.6 Å². The smallest absolute Gasteiger partial charge is 0.363 e. The van der Waals surface area contributed by atoms with Gasteiger partial charge in [0.15, 0.2) is 0 Å². The van der Waals surface area contributed by atoms with E-state index in [-0.39, 0.29) is 107 Å². The molecule has 4 spiro atoms. The van der Waals surface area contributed by atoms with E-state index < -0.39 is 84.1 Å². The van der Waals surface area contributed by atoms with Gasteiger partial charge >= 0.3 is 11.9 Å². The molecule has 19 aliphatic rings. The third kappa shape index (κ3) is 27.1. The van der Waals surface area contributed by atoms with Gasteiger partial charge in [-0.15, -0.1) is 5.06 Å². The van der Waals surface area contributed by atoms with E-state index in [1.54, 1.807) is 0 Å². The summed E-state index contributed by atoms with van der Waals surface area (Å²) in [6.45, 7) is 12.3. The Morgan fingerprint density at radius 3 is 1.26 bits per heavy atom. The van der Waals surface area contributed by atoms with Gasteiger partial charge in [0.05, 0.1) is 55.3 Å². The van der Waals surface area contributed by atoms with E-state index in [0.29, 0.717) is 91.8 Å². The number of nitrogens with zero attached hydrogens (tertiary/aromatic N) is 3. The minimum absolute atomic E-state index is 0.0372. The van der Waals surface area contributed by atoms with E-state index in [2.05, 4.69) is 79.1 Å². The van der Waals surface area contributed by atoms with Gasteiger partial charge in [-0.2, -0.15) is 19.6 Å². The first-order valence-corrected chi connectivity index (χ1v) is 51.0. The van der Waals surface area contributed by atoms with Gasteiger partial charge in [0.2, 0.25) is 35.0 Å². The molecule has 143 heavy (non-hydrogen) atoms. The van der Waals surface area contributed by atoms with E-state index in [4.69, 9.17) is 146 Å². The number of carbonyl (C=O) groups excluding carboxylic acids is 8. The number of rotatable bonds is 28. The molecule has 4 aromatic carbocycles. The summed E-state index contributed by atoms with van der Waals surface area (Å²) in [4.78, 5) is 140. The van der Waals surface area contributed by atoms with Crippen LogP contribution in [0.5, 0.6) is 11.5 Å². The number of halogens is 2. The first-order valence-electron chi connectivity index (χ1n) is 51.0. The number of morpholine rings is 2. The normalized spacial score (nSPS) is 31.3. The molecule has 735 valence electrons. The number of Topliss-reactive ketones (excluding diaryl/α,β-unsaturated/α-hetero) is 1. The molecule has 5 saturated heterocycles. The molecule has 14 saturated carbocycles. The predicted octanol–water partition coefficient (Wildman–Crippen LogP) is 4.87. The second-order valence-corrected chi connectivity index (χ2v) is 41.9. The van der Waals surface area contributed by atoms with Gasteiger partial charge in [-0.1, -0.05) is 24.3 Å². The molecule has 23 rings (SSSR count). The minimum Gasteiger partial charge on any atom is -0.492 e. The molecule has 0 aromatic heterocycles. The summed E-state index contributed by atoms with van der Waals surface area (Å²) in [6, 6.07) is 27.3. The van der Waals surface area contributed by atoms with Crippen LogP contribution in [0.2, 0.25) is 0 Å². The number of hydroxylamine groups is 2. The number of hydrogen-bond acceptors (Lipinski definition) is 24. The number of carboxylic acid groups (broad SMARTS) is 1. The van der Waals surface area contributed by atoms with E-state index in [9.17, 15) is 47.1 Å². The second kappa shape index (κ2) is 50.3. The molecule has 5 heterocycles. The monoisotopic (exact) mass is 1940 g/mol. The summed E-state index contributed by atoms with van der Waals surface area (Å²) >= 11 is 0. The van der Waals surface area contributed by atoms with Gasteiger partial charge in [-0.3, -0.25) is 48.2 Å². The first kappa shape index (κ1) is 111. The average Bonchev–Trinajstić information content (AvgIpc) is 1.32. The maximum absolute atomic E-state index is 13.7. The maximum Gasteiger partial charge on any atom is 0.363 e. The Labute approximate surface area is 855 Å². The average molecular weight is 1940 g/mol. The van der Waals surface area contributed by atoms with Crippen molar-refractivity contribution in [2.45, 2.75) is 208 Å². The van der Waals surface area contributed by atoms with Gasteiger partial charge < -0.3 is 64.8 Å². The van der Waals surface area contributed by atoms with Gasteiger partial charge in [0.1, 0.15) is 42.1 Å². The van der Waals surface area contributed by atoms with Crippen LogP contribution < -0.4 is 31.2 Å². The Hall–Kier alpha value is -7.37. The first-order chi connectivity index (χ1) is 68.6. The molecule has 6 N–H and O–H groups in total. The van der Waals surface area contributed by atoms with Gasteiger partial charge in [0, 0.05) is 261 Å². The lowest BCUT2D eigenvalue weighted by Crippen LogP contribution is -2.65. The lowest BCUT2D eigenvalue weighted by Gasteiger charge is -2.61. The number of nitrogens with one attached hydrogen (secondary N) is 3. The number of imide groups is 1. The highest BCUT2D eigenvalue weighted by Crippen LogP contribution is 2.70. The Morgan fingerprint density at radius 1 is 0.503 bits per heavy atom. The van der Waals surface area contributed by atoms with Crippen molar-refractivity contribution in [2.75, 3.05) is 112 Å². The minimum atomic E-state index is -0.867. The molecular weight excluding hydrogens is 1810 g/mol. The van der Waals surface area contributed by atoms with Crippen molar-refractivity contribution in [3.63, 3.8) is 0 Å².